The maximum absolute atomic E-state index is 12.0. The summed E-state index contributed by atoms with van der Waals surface area (Å²) in [6, 6.07) is 7.62. The summed E-state index contributed by atoms with van der Waals surface area (Å²) in [5.74, 6) is -1.06. The highest BCUT2D eigenvalue weighted by Crippen LogP contribution is 2.20. The van der Waals surface area contributed by atoms with Gasteiger partial charge in [0.15, 0.2) is 0 Å². The molecule has 6 nitrogen and oxygen atoms in total. The van der Waals surface area contributed by atoms with E-state index in [4.69, 9.17) is 16.3 Å². The standard InChI is InChI=1S/C15H20ClN3O3/c1-22-10-5-17-14(20)15(21)19-8-6-18(7-9-19)13-4-2-3-12(16)11-13/h2-4,11H,5-10H2,1H3,(H,17,20). The number of methoxy groups -OCH3 is 1. The summed E-state index contributed by atoms with van der Waals surface area (Å²) in [5, 5.41) is 3.23. The lowest BCUT2D eigenvalue weighted by atomic mass is 10.2. The van der Waals surface area contributed by atoms with Crippen molar-refractivity contribution in [3.63, 3.8) is 0 Å². The molecule has 1 heterocycles. The van der Waals surface area contributed by atoms with E-state index >= 15 is 0 Å². The van der Waals surface area contributed by atoms with Crippen LogP contribution in [0.4, 0.5) is 5.69 Å². The van der Waals surface area contributed by atoms with Crippen LogP contribution in [0.3, 0.4) is 0 Å². The van der Waals surface area contributed by atoms with E-state index in [1.54, 1.807) is 12.0 Å². The number of hydrogen-bond acceptors (Lipinski definition) is 4. The molecule has 7 heteroatoms. The van der Waals surface area contributed by atoms with Gasteiger partial charge in [0.25, 0.3) is 0 Å². The highest BCUT2D eigenvalue weighted by atomic mass is 35.5. The Bertz CT molecular complexity index is 531. The number of benzene rings is 1. The molecule has 0 atom stereocenters. The number of halogens is 1. The number of hydrogen-bond donors (Lipinski definition) is 1. The van der Waals surface area contributed by atoms with Crippen LogP contribution in [0.25, 0.3) is 0 Å². The number of piperazine rings is 1. The van der Waals surface area contributed by atoms with Gasteiger partial charge >= 0.3 is 11.8 Å². The maximum atomic E-state index is 12.0. The van der Waals surface area contributed by atoms with E-state index < -0.39 is 11.8 Å². The summed E-state index contributed by atoms with van der Waals surface area (Å²) in [6.45, 7) is 3.12. The zero-order valence-corrected chi connectivity index (χ0v) is 13.3. The summed E-state index contributed by atoms with van der Waals surface area (Å²) >= 11 is 5.99. The van der Waals surface area contributed by atoms with Crippen LogP contribution in [0, 0.1) is 0 Å². The van der Waals surface area contributed by atoms with Crippen LogP contribution < -0.4 is 10.2 Å². The summed E-state index contributed by atoms with van der Waals surface area (Å²) in [5.41, 5.74) is 1.03. The highest BCUT2D eigenvalue weighted by Gasteiger charge is 2.25. The molecule has 0 radical (unpaired) electrons. The van der Waals surface area contributed by atoms with Crippen LogP contribution in [0.5, 0.6) is 0 Å². The molecule has 2 rings (SSSR count). The van der Waals surface area contributed by atoms with E-state index in [9.17, 15) is 9.59 Å². The van der Waals surface area contributed by atoms with E-state index in [0.717, 1.165) is 5.69 Å². The Morgan fingerprint density at radius 1 is 1.27 bits per heavy atom. The average molecular weight is 326 g/mol. The van der Waals surface area contributed by atoms with Gasteiger partial charge in [-0.3, -0.25) is 9.59 Å². The van der Waals surface area contributed by atoms with Gasteiger partial charge in [0.2, 0.25) is 0 Å². The van der Waals surface area contributed by atoms with Crippen LogP contribution in [-0.4, -0.2) is 63.2 Å². The molecule has 2 amide bonds. The number of ether oxygens (including phenoxy) is 1. The molecule has 120 valence electrons. The fourth-order valence-electron chi connectivity index (χ4n) is 2.33. The SMILES string of the molecule is COCCNC(=O)C(=O)N1CCN(c2cccc(Cl)c2)CC1. The Kier molecular flexibility index (Phi) is 6.03. The molecule has 1 aromatic rings. The van der Waals surface area contributed by atoms with Crippen LogP contribution in [0.15, 0.2) is 24.3 Å². The smallest absolute Gasteiger partial charge is 0.312 e. The van der Waals surface area contributed by atoms with Gasteiger partial charge in [-0.2, -0.15) is 0 Å². The number of carbonyl (C=O) groups excluding carboxylic acids is 2. The number of anilines is 1. The lowest BCUT2D eigenvalue weighted by Gasteiger charge is -2.35. The van der Waals surface area contributed by atoms with E-state index in [2.05, 4.69) is 10.2 Å². The fraction of sp³-hybridized carbons (Fsp3) is 0.467. The largest absolute Gasteiger partial charge is 0.383 e. The highest BCUT2D eigenvalue weighted by molar-refractivity contribution is 6.35. The van der Waals surface area contributed by atoms with Gasteiger partial charge in [-0.25, -0.2) is 0 Å². The predicted molar refractivity (Wildman–Crippen MR) is 85.1 cm³/mol. The number of nitrogens with zero attached hydrogens (tertiary/aromatic N) is 2. The van der Waals surface area contributed by atoms with Crippen LogP contribution in [-0.2, 0) is 14.3 Å². The minimum atomic E-state index is -0.576. The van der Waals surface area contributed by atoms with Crippen molar-refractivity contribution in [1.29, 1.82) is 0 Å². The average Bonchev–Trinajstić information content (AvgIpc) is 2.54. The first kappa shape index (κ1) is 16.6. The van der Waals surface area contributed by atoms with Gasteiger partial charge in [-0.05, 0) is 18.2 Å². The second kappa shape index (κ2) is 8.00. The molecule has 0 saturated carbocycles. The molecular formula is C15H20ClN3O3. The third-order valence-electron chi connectivity index (χ3n) is 3.53. The van der Waals surface area contributed by atoms with Gasteiger partial charge in [-0.1, -0.05) is 17.7 Å². The first-order valence-corrected chi connectivity index (χ1v) is 7.56. The van der Waals surface area contributed by atoms with E-state index in [1.165, 1.54) is 0 Å². The van der Waals surface area contributed by atoms with Crippen LogP contribution in [0.1, 0.15) is 0 Å². The molecule has 22 heavy (non-hydrogen) atoms. The second-order valence-corrected chi connectivity index (χ2v) is 5.44. The van der Waals surface area contributed by atoms with Crippen molar-refractivity contribution in [3.8, 4) is 0 Å². The minimum absolute atomic E-state index is 0.337. The van der Waals surface area contributed by atoms with Gasteiger partial charge in [0, 0.05) is 50.5 Å². The number of rotatable bonds is 4. The quantitative estimate of drug-likeness (QED) is 0.655. The van der Waals surface area contributed by atoms with Crippen molar-refractivity contribution in [2.45, 2.75) is 0 Å². The van der Waals surface area contributed by atoms with Crippen molar-refractivity contribution >= 4 is 29.1 Å². The molecule has 1 saturated heterocycles. The van der Waals surface area contributed by atoms with Crippen LogP contribution in [0.2, 0.25) is 5.02 Å². The first-order valence-electron chi connectivity index (χ1n) is 7.18. The van der Waals surface area contributed by atoms with Crippen molar-refractivity contribution in [3.05, 3.63) is 29.3 Å². The summed E-state index contributed by atoms with van der Waals surface area (Å²) in [7, 11) is 1.54. The Labute approximate surface area is 135 Å². The number of amides is 2. The van der Waals surface area contributed by atoms with Gasteiger partial charge in [0.05, 0.1) is 6.61 Å². The summed E-state index contributed by atoms with van der Waals surface area (Å²) in [6.07, 6.45) is 0. The topological polar surface area (TPSA) is 61.9 Å². The number of nitrogens with one attached hydrogen (secondary N) is 1. The zero-order chi connectivity index (χ0) is 15.9. The van der Waals surface area contributed by atoms with Crippen molar-refractivity contribution in [1.82, 2.24) is 10.2 Å². The monoisotopic (exact) mass is 325 g/mol. The van der Waals surface area contributed by atoms with E-state index in [1.807, 2.05) is 24.3 Å². The van der Waals surface area contributed by atoms with E-state index in [0.29, 0.717) is 44.4 Å². The minimum Gasteiger partial charge on any atom is -0.383 e. The molecule has 0 bridgehead atoms. The molecule has 1 aliphatic heterocycles. The lowest BCUT2D eigenvalue weighted by molar-refractivity contribution is -0.146. The fourth-order valence-corrected chi connectivity index (χ4v) is 2.51. The van der Waals surface area contributed by atoms with Gasteiger partial charge in [-0.15, -0.1) is 0 Å². The molecule has 1 aromatic carbocycles. The molecule has 0 aromatic heterocycles. The van der Waals surface area contributed by atoms with Gasteiger partial charge < -0.3 is 19.9 Å². The maximum Gasteiger partial charge on any atom is 0.312 e. The summed E-state index contributed by atoms with van der Waals surface area (Å²) in [4.78, 5) is 27.5. The van der Waals surface area contributed by atoms with Crippen molar-refractivity contribution in [2.75, 3.05) is 51.3 Å². The van der Waals surface area contributed by atoms with Crippen molar-refractivity contribution < 1.29 is 14.3 Å². The molecule has 0 spiro atoms. The predicted octanol–water partition coefficient (Wildman–Crippen LogP) is 0.751. The Balaban J connectivity index is 1.84. The molecular weight excluding hydrogens is 306 g/mol. The van der Waals surface area contributed by atoms with Crippen LogP contribution >= 0.6 is 11.6 Å². The lowest BCUT2D eigenvalue weighted by Crippen LogP contribution is -2.53. The van der Waals surface area contributed by atoms with E-state index in [-0.39, 0.29) is 0 Å². The third kappa shape index (κ3) is 4.35. The first-order chi connectivity index (χ1) is 10.6. The third-order valence-corrected chi connectivity index (χ3v) is 3.76. The normalized spacial score (nSPS) is 14.8. The van der Waals surface area contributed by atoms with Gasteiger partial charge in [0.1, 0.15) is 0 Å². The molecule has 1 aliphatic rings. The Morgan fingerprint density at radius 3 is 2.64 bits per heavy atom. The van der Waals surface area contributed by atoms with Crippen molar-refractivity contribution in [2.24, 2.45) is 0 Å². The summed E-state index contributed by atoms with van der Waals surface area (Å²) < 4.78 is 4.83. The Morgan fingerprint density at radius 2 is 2.00 bits per heavy atom. The Hall–Kier alpha value is -1.79. The molecule has 0 aliphatic carbocycles. The second-order valence-electron chi connectivity index (χ2n) is 5.01. The molecule has 1 fully saturated rings. The molecule has 0 unspecified atom stereocenters. The zero-order valence-electron chi connectivity index (χ0n) is 12.5. The number of carbonyl (C=O) groups is 2. The molecule has 1 N–H and O–H groups in total.